The molecule has 0 saturated heterocycles. The third kappa shape index (κ3) is 2.59. The van der Waals surface area contributed by atoms with Crippen molar-refractivity contribution >= 4 is 27.7 Å². The third-order valence-electron chi connectivity index (χ3n) is 1.25. The van der Waals surface area contributed by atoms with Crippen LogP contribution in [0.25, 0.3) is 0 Å². The summed E-state index contributed by atoms with van der Waals surface area (Å²) in [7, 11) is 1.42. The van der Waals surface area contributed by atoms with E-state index < -0.39 is 6.09 Å². The van der Waals surface area contributed by atoms with Gasteiger partial charge in [-0.15, -0.1) is 0 Å². The average molecular weight is 247 g/mol. The van der Waals surface area contributed by atoms with Crippen LogP contribution in [-0.2, 0) is 0 Å². The van der Waals surface area contributed by atoms with E-state index in [0.29, 0.717) is 10.2 Å². The Labute approximate surface area is 82.9 Å². The number of rotatable bonds is 2. The Hall–Kier alpha value is -1.30. The average Bonchev–Trinajstić information content (AvgIpc) is 2.03. The highest BCUT2D eigenvalue weighted by Crippen LogP contribution is 2.24. The Morgan fingerprint density at radius 3 is 3.00 bits per heavy atom. The van der Waals surface area contributed by atoms with Gasteiger partial charge in [-0.1, -0.05) is 0 Å². The molecule has 70 valence electrons. The minimum atomic E-state index is -1.15. The number of aromatic nitrogens is 1. The van der Waals surface area contributed by atoms with E-state index in [1.165, 1.54) is 13.3 Å². The lowest BCUT2D eigenvalue weighted by molar-refractivity contribution is 0.209. The number of hydrogen-bond donors (Lipinski definition) is 2. The van der Waals surface area contributed by atoms with Crippen LogP contribution in [0, 0.1) is 0 Å². The largest absolute Gasteiger partial charge is 0.480 e. The second-order valence-corrected chi connectivity index (χ2v) is 3.06. The van der Waals surface area contributed by atoms with Crippen LogP contribution in [0.1, 0.15) is 0 Å². The van der Waals surface area contributed by atoms with Crippen LogP contribution in [0.4, 0.5) is 10.5 Å². The Balaban J connectivity index is 3.01. The van der Waals surface area contributed by atoms with E-state index in [-0.39, 0.29) is 5.88 Å². The number of anilines is 1. The maximum absolute atomic E-state index is 10.3. The van der Waals surface area contributed by atoms with Gasteiger partial charge >= 0.3 is 6.09 Å². The van der Waals surface area contributed by atoms with Gasteiger partial charge in [0.2, 0.25) is 5.88 Å². The number of carboxylic acid groups (broad SMARTS) is 1. The van der Waals surface area contributed by atoms with Crippen LogP contribution in [0.5, 0.6) is 5.88 Å². The molecule has 0 atom stereocenters. The summed E-state index contributed by atoms with van der Waals surface area (Å²) in [4.78, 5) is 14.2. The first-order valence-electron chi connectivity index (χ1n) is 3.33. The van der Waals surface area contributed by atoms with Crippen molar-refractivity contribution in [2.45, 2.75) is 0 Å². The normalized spacial score (nSPS) is 9.38. The van der Waals surface area contributed by atoms with Crippen LogP contribution < -0.4 is 10.1 Å². The maximum atomic E-state index is 10.3. The smallest absolute Gasteiger partial charge is 0.409 e. The van der Waals surface area contributed by atoms with Crippen molar-refractivity contribution in [2.75, 3.05) is 12.4 Å². The van der Waals surface area contributed by atoms with Gasteiger partial charge in [-0.3, -0.25) is 5.32 Å². The minimum absolute atomic E-state index is 0.241. The van der Waals surface area contributed by atoms with Gasteiger partial charge in [-0.25, -0.2) is 9.78 Å². The lowest BCUT2D eigenvalue weighted by atomic mass is 10.4. The lowest BCUT2D eigenvalue weighted by Gasteiger charge is -2.06. The van der Waals surface area contributed by atoms with Crippen LogP contribution >= 0.6 is 15.9 Å². The van der Waals surface area contributed by atoms with Gasteiger partial charge in [0, 0.05) is 10.7 Å². The zero-order valence-electron chi connectivity index (χ0n) is 6.74. The van der Waals surface area contributed by atoms with Crippen molar-refractivity contribution in [2.24, 2.45) is 0 Å². The van der Waals surface area contributed by atoms with Crippen molar-refractivity contribution in [1.29, 1.82) is 0 Å². The molecule has 1 rings (SSSR count). The van der Waals surface area contributed by atoms with E-state index in [0.717, 1.165) is 0 Å². The van der Waals surface area contributed by atoms with Gasteiger partial charge in [0.15, 0.2) is 0 Å². The van der Waals surface area contributed by atoms with Crippen molar-refractivity contribution in [1.82, 2.24) is 4.98 Å². The van der Waals surface area contributed by atoms with Crippen molar-refractivity contribution in [3.8, 4) is 5.88 Å². The molecule has 6 heteroatoms. The topological polar surface area (TPSA) is 71.5 Å². The van der Waals surface area contributed by atoms with Gasteiger partial charge in [-0.2, -0.15) is 0 Å². The number of amides is 1. The second-order valence-electron chi connectivity index (χ2n) is 2.14. The zero-order chi connectivity index (χ0) is 9.84. The van der Waals surface area contributed by atoms with Crippen molar-refractivity contribution in [3.63, 3.8) is 0 Å². The minimum Gasteiger partial charge on any atom is -0.480 e. The molecule has 0 radical (unpaired) electrons. The molecule has 0 unspecified atom stereocenters. The fourth-order valence-electron chi connectivity index (χ4n) is 0.794. The molecule has 0 aliphatic rings. The summed E-state index contributed by atoms with van der Waals surface area (Å²) in [6.45, 7) is 0. The Kier molecular flexibility index (Phi) is 3.07. The van der Waals surface area contributed by atoms with E-state index in [1.54, 1.807) is 6.07 Å². The predicted molar refractivity (Wildman–Crippen MR) is 50.1 cm³/mol. The number of nitrogens with zero attached hydrogens (tertiary/aromatic N) is 1. The third-order valence-corrected chi connectivity index (χ3v) is 1.69. The van der Waals surface area contributed by atoms with E-state index in [4.69, 9.17) is 9.84 Å². The van der Waals surface area contributed by atoms with Crippen molar-refractivity contribution < 1.29 is 14.6 Å². The molecule has 1 amide bonds. The number of halogens is 1. The quantitative estimate of drug-likeness (QED) is 0.837. The summed E-state index contributed by atoms with van der Waals surface area (Å²) >= 11 is 3.16. The van der Waals surface area contributed by atoms with Crippen LogP contribution in [0.3, 0.4) is 0 Å². The molecule has 2 N–H and O–H groups in total. The molecule has 13 heavy (non-hydrogen) atoms. The summed E-state index contributed by atoms with van der Waals surface area (Å²) in [5, 5.41) is 10.6. The molecule has 0 spiro atoms. The highest BCUT2D eigenvalue weighted by atomic mass is 79.9. The Morgan fingerprint density at radius 1 is 1.77 bits per heavy atom. The summed E-state index contributed by atoms with van der Waals surface area (Å²) in [5.74, 6) is 0.241. The van der Waals surface area contributed by atoms with E-state index >= 15 is 0 Å². The molecule has 1 aromatic heterocycles. The fourth-order valence-corrected chi connectivity index (χ4v) is 1.13. The highest BCUT2D eigenvalue weighted by molar-refractivity contribution is 9.10. The summed E-state index contributed by atoms with van der Waals surface area (Å²) in [6, 6.07) is 1.57. The highest BCUT2D eigenvalue weighted by Gasteiger charge is 2.07. The molecule has 0 fully saturated rings. The SMILES string of the molecule is COc1ncc(Br)cc1NC(=O)O. The zero-order valence-corrected chi connectivity index (χ0v) is 8.33. The van der Waals surface area contributed by atoms with E-state index in [9.17, 15) is 4.79 Å². The predicted octanol–water partition coefficient (Wildman–Crippen LogP) is 1.94. The van der Waals surface area contributed by atoms with Crippen molar-refractivity contribution in [3.05, 3.63) is 16.7 Å². The number of nitrogens with one attached hydrogen (secondary N) is 1. The second kappa shape index (κ2) is 4.08. The first-order chi connectivity index (χ1) is 6.13. The number of pyridine rings is 1. The standard InChI is InChI=1S/C7H7BrN2O3/c1-13-6-5(10-7(11)12)2-4(8)3-9-6/h2-3,10H,1H3,(H,11,12). The van der Waals surface area contributed by atoms with E-state index in [2.05, 4.69) is 26.2 Å². The Bertz CT molecular complexity index is 330. The number of methoxy groups -OCH3 is 1. The lowest BCUT2D eigenvalue weighted by Crippen LogP contribution is -2.09. The molecule has 0 aliphatic heterocycles. The van der Waals surface area contributed by atoms with Gasteiger partial charge in [0.25, 0.3) is 0 Å². The monoisotopic (exact) mass is 246 g/mol. The van der Waals surface area contributed by atoms with Gasteiger partial charge in [-0.05, 0) is 22.0 Å². The van der Waals surface area contributed by atoms with Gasteiger partial charge < -0.3 is 9.84 Å². The molecule has 0 aromatic carbocycles. The fraction of sp³-hybridized carbons (Fsp3) is 0.143. The molecule has 0 bridgehead atoms. The molecular weight excluding hydrogens is 240 g/mol. The summed E-state index contributed by atoms with van der Waals surface area (Å²) in [5.41, 5.74) is 0.310. The molecular formula is C7H7BrN2O3. The molecule has 0 saturated carbocycles. The first kappa shape index (κ1) is 9.79. The van der Waals surface area contributed by atoms with Gasteiger partial charge in [0.05, 0.1) is 7.11 Å². The molecule has 1 aromatic rings. The number of carbonyl (C=O) groups is 1. The summed E-state index contributed by atoms with van der Waals surface area (Å²) in [6.07, 6.45) is 0.365. The molecule has 0 aliphatic carbocycles. The Morgan fingerprint density at radius 2 is 2.46 bits per heavy atom. The number of hydrogen-bond acceptors (Lipinski definition) is 3. The molecule has 1 heterocycles. The maximum Gasteiger partial charge on any atom is 0.409 e. The number of ether oxygens (including phenoxy) is 1. The van der Waals surface area contributed by atoms with Crippen LogP contribution in [-0.4, -0.2) is 23.3 Å². The van der Waals surface area contributed by atoms with Crippen LogP contribution in [0.2, 0.25) is 0 Å². The molecule has 5 nitrogen and oxygen atoms in total. The van der Waals surface area contributed by atoms with Gasteiger partial charge in [0.1, 0.15) is 5.69 Å². The van der Waals surface area contributed by atoms with Crippen LogP contribution in [0.15, 0.2) is 16.7 Å². The van der Waals surface area contributed by atoms with E-state index in [1.807, 2.05) is 0 Å². The first-order valence-corrected chi connectivity index (χ1v) is 4.12. The summed E-state index contributed by atoms with van der Waals surface area (Å²) < 4.78 is 5.52.